The van der Waals surface area contributed by atoms with Gasteiger partial charge in [0.05, 0.1) is 23.3 Å². The highest BCUT2D eigenvalue weighted by molar-refractivity contribution is 7.91. The van der Waals surface area contributed by atoms with Gasteiger partial charge >= 0.3 is 0 Å². The molecule has 1 aliphatic carbocycles. The van der Waals surface area contributed by atoms with E-state index in [1.165, 1.54) is 4.90 Å². The predicted molar refractivity (Wildman–Crippen MR) is 87.5 cm³/mol. The number of carbonyl (C=O) groups excluding carboxylic acids is 2. The quantitative estimate of drug-likeness (QED) is 0.804. The monoisotopic (exact) mass is 351 g/mol. The van der Waals surface area contributed by atoms with Crippen LogP contribution in [0.4, 0.5) is 0 Å². The molecule has 1 saturated heterocycles. The van der Waals surface area contributed by atoms with E-state index in [4.69, 9.17) is 0 Å². The molecule has 1 aliphatic heterocycles. The lowest BCUT2D eigenvalue weighted by Crippen LogP contribution is -2.39. The van der Waals surface area contributed by atoms with Gasteiger partial charge in [-0.15, -0.1) is 0 Å². The number of carbonyl (C=O) groups is 2. The number of nitrogens with one attached hydrogen (secondary N) is 1. The van der Waals surface area contributed by atoms with Crippen LogP contribution in [0.5, 0.6) is 0 Å². The fraction of sp³-hybridized carbons (Fsp3) is 0.562. The number of hydrogen-bond acceptors (Lipinski definition) is 5. The second-order valence-electron chi connectivity index (χ2n) is 6.53. The van der Waals surface area contributed by atoms with Crippen molar-refractivity contribution < 1.29 is 18.0 Å². The maximum Gasteiger partial charge on any atom is 0.226 e. The van der Waals surface area contributed by atoms with Crippen LogP contribution in [0.2, 0.25) is 0 Å². The van der Waals surface area contributed by atoms with Gasteiger partial charge in [0, 0.05) is 32.0 Å². The summed E-state index contributed by atoms with van der Waals surface area (Å²) in [4.78, 5) is 30.0. The van der Waals surface area contributed by atoms with Gasteiger partial charge in [-0.25, -0.2) is 8.42 Å². The smallest absolute Gasteiger partial charge is 0.226 e. The third kappa shape index (κ3) is 3.75. The van der Waals surface area contributed by atoms with Crippen LogP contribution >= 0.6 is 0 Å². The Morgan fingerprint density at radius 2 is 2.00 bits per heavy atom. The second kappa shape index (κ2) is 6.51. The number of aromatic nitrogens is 1. The van der Waals surface area contributed by atoms with Crippen LogP contribution in [0.1, 0.15) is 18.4 Å². The van der Waals surface area contributed by atoms with Crippen molar-refractivity contribution in [3.63, 3.8) is 0 Å². The van der Waals surface area contributed by atoms with Crippen molar-refractivity contribution in [3.8, 4) is 0 Å². The van der Waals surface area contributed by atoms with E-state index < -0.39 is 9.84 Å². The van der Waals surface area contributed by atoms with Crippen LogP contribution < -0.4 is 5.32 Å². The summed E-state index contributed by atoms with van der Waals surface area (Å²) in [5, 5.41) is 2.83. The molecule has 1 aromatic rings. The van der Waals surface area contributed by atoms with E-state index in [1.54, 1.807) is 19.4 Å². The molecule has 24 heavy (non-hydrogen) atoms. The van der Waals surface area contributed by atoms with Crippen molar-refractivity contribution in [3.05, 3.63) is 30.1 Å². The Bertz CT molecular complexity index is 735. The number of pyridine rings is 1. The first kappa shape index (κ1) is 16.9. The second-order valence-corrected chi connectivity index (χ2v) is 8.76. The van der Waals surface area contributed by atoms with Gasteiger partial charge in [-0.3, -0.25) is 14.6 Å². The van der Waals surface area contributed by atoms with Crippen LogP contribution in [0, 0.1) is 11.8 Å². The van der Waals surface area contributed by atoms with Gasteiger partial charge in [-0.2, -0.15) is 0 Å². The Hall–Kier alpha value is -1.96. The number of hydrogen-bond donors (Lipinski definition) is 1. The summed E-state index contributed by atoms with van der Waals surface area (Å²) in [7, 11) is -1.39. The van der Waals surface area contributed by atoms with E-state index >= 15 is 0 Å². The van der Waals surface area contributed by atoms with Gasteiger partial charge in [0.25, 0.3) is 0 Å². The first-order chi connectivity index (χ1) is 11.4. The molecular formula is C16H21N3O4S. The normalized spacial score (nSPS) is 27.5. The fourth-order valence-electron chi connectivity index (χ4n) is 3.10. The molecule has 1 N–H and O–H groups in total. The maximum atomic E-state index is 12.4. The van der Waals surface area contributed by atoms with Crippen LogP contribution in [-0.4, -0.2) is 54.7 Å². The molecule has 2 amide bonds. The van der Waals surface area contributed by atoms with Crippen molar-refractivity contribution in [2.24, 2.45) is 11.8 Å². The highest BCUT2D eigenvalue weighted by Crippen LogP contribution is 2.40. The lowest BCUT2D eigenvalue weighted by molar-refractivity contribution is -0.135. The van der Waals surface area contributed by atoms with E-state index in [2.05, 4.69) is 10.3 Å². The van der Waals surface area contributed by atoms with E-state index in [-0.39, 0.29) is 41.2 Å². The van der Waals surface area contributed by atoms with Crippen molar-refractivity contribution in [2.75, 3.05) is 18.6 Å². The van der Waals surface area contributed by atoms with E-state index in [9.17, 15) is 18.0 Å². The third-order valence-corrected chi connectivity index (χ3v) is 6.51. The van der Waals surface area contributed by atoms with Gasteiger partial charge in [-0.05, 0) is 30.5 Å². The molecule has 3 unspecified atom stereocenters. The topological polar surface area (TPSA) is 96.4 Å². The minimum absolute atomic E-state index is 0.0286. The number of nitrogens with zero attached hydrogens (tertiary/aromatic N) is 2. The summed E-state index contributed by atoms with van der Waals surface area (Å²) in [6.45, 7) is 0.412. The molecule has 7 nitrogen and oxygen atoms in total. The Labute approximate surface area is 141 Å². The molecule has 2 aliphatic rings. The van der Waals surface area contributed by atoms with Crippen LogP contribution in [-0.2, 0) is 26.0 Å². The van der Waals surface area contributed by atoms with Crippen LogP contribution in [0.15, 0.2) is 24.5 Å². The molecular weight excluding hydrogens is 330 g/mol. The Morgan fingerprint density at radius 1 is 1.29 bits per heavy atom. The summed E-state index contributed by atoms with van der Waals surface area (Å²) in [5.74, 6) is -0.717. The Balaban J connectivity index is 1.49. The number of sulfone groups is 1. The fourth-order valence-corrected chi connectivity index (χ4v) is 4.88. The van der Waals surface area contributed by atoms with E-state index in [1.807, 2.05) is 12.1 Å². The molecule has 1 aromatic heterocycles. The average molecular weight is 351 g/mol. The molecule has 2 fully saturated rings. The summed E-state index contributed by atoms with van der Waals surface area (Å²) in [6.07, 6.45) is 4.34. The van der Waals surface area contributed by atoms with Gasteiger partial charge in [0.1, 0.15) is 0 Å². The summed E-state index contributed by atoms with van der Waals surface area (Å²) in [6, 6.07) is 3.39. The van der Waals surface area contributed by atoms with Gasteiger partial charge in [0.15, 0.2) is 9.84 Å². The standard InChI is InChI=1S/C16H21N3O4S/c1-19(12-4-7-24(22,23)10-12)16(21)14-8-13(14)15(20)18-9-11-2-5-17-6-3-11/h2-3,5-6,12-14H,4,7-10H2,1H3,(H,18,20). The van der Waals surface area contributed by atoms with Gasteiger partial charge in [-0.1, -0.05) is 0 Å². The molecule has 0 radical (unpaired) electrons. The third-order valence-electron chi connectivity index (χ3n) is 4.76. The lowest BCUT2D eigenvalue weighted by atomic mass is 10.2. The van der Waals surface area contributed by atoms with Crippen molar-refractivity contribution in [1.82, 2.24) is 15.2 Å². The maximum absolute atomic E-state index is 12.4. The van der Waals surface area contributed by atoms with Gasteiger partial charge in [0.2, 0.25) is 11.8 Å². The minimum Gasteiger partial charge on any atom is -0.352 e. The average Bonchev–Trinajstić information content (AvgIpc) is 3.29. The molecule has 1 saturated carbocycles. The molecule has 3 rings (SSSR count). The lowest BCUT2D eigenvalue weighted by Gasteiger charge is -2.23. The first-order valence-corrected chi connectivity index (χ1v) is 9.83. The van der Waals surface area contributed by atoms with Crippen LogP contribution in [0.3, 0.4) is 0 Å². The van der Waals surface area contributed by atoms with Crippen LogP contribution in [0.25, 0.3) is 0 Å². The van der Waals surface area contributed by atoms with Crippen molar-refractivity contribution in [1.29, 1.82) is 0 Å². The zero-order valence-corrected chi connectivity index (χ0v) is 14.3. The van der Waals surface area contributed by atoms with Gasteiger partial charge < -0.3 is 10.2 Å². The Morgan fingerprint density at radius 3 is 2.62 bits per heavy atom. The zero-order chi connectivity index (χ0) is 17.3. The summed E-state index contributed by atoms with van der Waals surface area (Å²) >= 11 is 0. The zero-order valence-electron chi connectivity index (χ0n) is 13.5. The molecule has 0 spiro atoms. The highest BCUT2D eigenvalue weighted by atomic mass is 32.2. The van der Waals surface area contributed by atoms with Crippen molar-refractivity contribution in [2.45, 2.75) is 25.4 Å². The Kier molecular flexibility index (Phi) is 4.58. The molecule has 0 bridgehead atoms. The van der Waals surface area contributed by atoms with E-state index in [0.717, 1.165) is 5.56 Å². The minimum atomic E-state index is -3.03. The van der Waals surface area contributed by atoms with E-state index in [0.29, 0.717) is 19.4 Å². The first-order valence-electron chi connectivity index (χ1n) is 8.01. The molecule has 2 heterocycles. The van der Waals surface area contributed by atoms with Crippen molar-refractivity contribution >= 4 is 21.7 Å². The number of rotatable bonds is 5. The molecule has 8 heteroatoms. The highest BCUT2D eigenvalue weighted by Gasteiger charge is 2.50. The summed E-state index contributed by atoms with van der Waals surface area (Å²) < 4.78 is 23.1. The molecule has 130 valence electrons. The summed E-state index contributed by atoms with van der Waals surface area (Å²) in [5.41, 5.74) is 0.954. The predicted octanol–water partition coefficient (Wildman–Crippen LogP) is -0.0206. The molecule has 3 atom stereocenters. The largest absolute Gasteiger partial charge is 0.352 e. The number of amides is 2. The molecule has 0 aromatic carbocycles. The SMILES string of the molecule is CN(C(=O)C1CC1C(=O)NCc1ccncc1)C1CCS(=O)(=O)C1.